The predicted molar refractivity (Wildman–Crippen MR) is 100 cm³/mol. The molecule has 2 aromatic rings. The number of rotatable bonds is 6. The maximum Gasteiger partial charge on any atom is 0.222 e. The zero-order valence-electron chi connectivity index (χ0n) is 14.7. The summed E-state index contributed by atoms with van der Waals surface area (Å²) in [4.78, 5) is 18.3. The van der Waals surface area contributed by atoms with Crippen LogP contribution in [0.2, 0.25) is 0 Å². The third kappa shape index (κ3) is 4.57. The zero-order valence-corrected chi connectivity index (χ0v) is 14.7. The lowest BCUT2D eigenvalue weighted by molar-refractivity contribution is -0.122. The van der Waals surface area contributed by atoms with E-state index < -0.39 is 0 Å². The van der Waals surface area contributed by atoms with Gasteiger partial charge < -0.3 is 16.0 Å². The van der Waals surface area contributed by atoms with E-state index >= 15 is 0 Å². The van der Waals surface area contributed by atoms with E-state index in [4.69, 9.17) is 5.73 Å². The van der Waals surface area contributed by atoms with Gasteiger partial charge in [-0.15, -0.1) is 0 Å². The Balaban J connectivity index is 1.64. The number of para-hydroxylation sites is 1. The summed E-state index contributed by atoms with van der Waals surface area (Å²) in [5.41, 5.74) is 10.2. The van der Waals surface area contributed by atoms with Gasteiger partial charge in [-0.05, 0) is 43.0 Å². The molecule has 0 radical (unpaired) electrons. The van der Waals surface area contributed by atoms with Crippen LogP contribution in [-0.4, -0.2) is 24.0 Å². The average molecular weight is 338 g/mol. The number of pyridine rings is 1. The molecule has 1 amide bonds. The Bertz CT molecular complexity index is 714. The first-order valence-corrected chi connectivity index (χ1v) is 8.88. The molecule has 5 heteroatoms. The van der Waals surface area contributed by atoms with E-state index in [1.54, 1.807) is 0 Å². The molecule has 0 spiro atoms. The molecular formula is C20H26N4O. The minimum Gasteiger partial charge on any atom is -0.370 e. The van der Waals surface area contributed by atoms with Crippen molar-refractivity contribution in [3.63, 3.8) is 0 Å². The fraction of sp³-hybridized carbons (Fsp3) is 0.400. The molecule has 5 nitrogen and oxygen atoms in total. The summed E-state index contributed by atoms with van der Waals surface area (Å²) in [6.07, 6.45) is 3.79. The van der Waals surface area contributed by atoms with Crippen molar-refractivity contribution in [1.82, 2.24) is 10.3 Å². The number of aromatic nitrogens is 1. The maximum atomic E-state index is 11.5. The molecule has 0 saturated carbocycles. The highest BCUT2D eigenvalue weighted by Crippen LogP contribution is 2.26. The minimum atomic E-state index is -0.189. The normalized spacial score (nSPS) is 17.5. The van der Waals surface area contributed by atoms with Crippen LogP contribution in [-0.2, 0) is 17.9 Å². The Labute approximate surface area is 149 Å². The molecule has 1 aliphatic rings. The van der Waals surface area contributed by atoms with Crippen molar-refractivity contribution < 1.29 is 4.79 Å². The number of anilines is 1. The van der Waals surface area contributed by atoms with Crippen molar-refractivity contribution in [1.29, 1.82) is 0 Å². The van der Waals surface area contributed by atoms with Gasteiger partial charge in [0.25, 0.3) is 0 Å². The monoisotopic (exact) mass is 338 g/mol. The highest BCUT2D eigenvalue weighted by atomic mass is 16.1. The van der Waals surface area contributed by atoms with E-state index in [1.807, 2.05) is 19.2 Å². The number of nitrogens with zero attached hydrogens (tertiary/aromatic N) is 2. The average Bonchev–Trinajstić information content (AvgIpc) is 2.64. The third-order valence-electron chi connectivity index (χ3n) is 4.75. The highest BCUT2D eigenvalue weighted by Gasteiger charge is 2.25. The second-order valence-corrected chi connectivity index (χ2v) is 6.75. The smallest absolute Gasteiger partial charge is 0.222 e. The molecule has 3 rings (SSSR count). The molecule has 1 aliphatic heterocycles. The quantitative estimate of drug-likeness (QED) is 0.848. The molecule has 0 aliphatic carbocycles. The largest absolute Gasteiger partial charge is 0.370 e. The van der Waals surface area contributed by atoms with Crippen LogP contribution >= 0.6 is 0 Å². The summed E-state index contributed by atoms with van der Waals surface area (Å²) in [5.74, 6) is -0.239. The molecule has 0 bridgehead atoms. The number of nitrogens with one attached hydrogen (secondary N) is 1. The number of benzene rings is 1. The number of piperidine rings is 1. The maximum absolute atomic E-state index is 11.5. The fourth-order valence-electron chi connectivity index (χ4n) is 3.33. The Morgan fingerprint density at radius 1 is 1.28 bits per heavy atom. The van der Waals surface area contributed by atoms with Crippen molar-refractivity contribution in [2.75, 3.05) is 18.0 Å². The Kier molecular flexibility index (Phi) is 5.66. The molecule has 3 N–H and O–H groups in total. The van der Waals surface area contributed by atoms with Crippen molar-refractivity contribution in [3.8, 4) is 0 Å². The van der Waals surface area contributed by atoms with Crippen LogP contribution in [0, 0.1) is 12.8 Å². The molecule has 1 aromatic carbocycles. The molecule has 1 atom stereocenters. The van der Waals surface area contributed by atoms with Crippen LogP contribution in [0.1, 0.15) is 29.7 Å². The second-order valence-electron chi connectivity index (χ2n) is 6.75. The van der Waals surface area contributed by atoms with Crippen molar-refractivity contribution >= 4 is 11.6 Å². The minimum absolute atomic E-state index is 0.0495. The van der Waals surface area contributed by atoms with E-state index in [2.05, 4.69) is 45.5 Å². The molecule has 132 valence electrons. The second kappa shape index (κ2) is 8.12. The van der Waals surface area contributed by atoms with Crippen molar-refractivity contribution in [2.45, 2.75) is 32.9 Å². The first-order chi connectivity index (χ1) is 12.1. The lowest BCUT2D eigenvalue weighted by Crippen LogP contribution is -2.41. The van der Waals surface area contributed by atoms with Gasteiger partial charge in [-0.25, -0.2) is 0 Å². The van der Waals surface area contributed by atoms with Gasteiger partial charge in [0.2, 0.25) is 5.91 Å². The predicted octanol–water partition coefficient (Wildman–Crippen LogP) is 2.38. The van der Waals surface area contributed by atoms with Crippen LogP contribution in [0.4, 0.5) is 5.69 Å². The zero-order chi connectivity index (χ0) is 17.6. The first kappa shape index (κ1) is 17.4. The number of amides is 1. The lowest BCUT2D eigenvalue weighted by atomic mass is 9.96. The molecule has 1 saturated heterocycles. The third-order valence-corrected chi connectivity index (χ3v) is 4.75. The van der Waals surface area contributed by atoms with Crippen LogP contribution in [0.5, 0.6) is 0 Å². The van der Waals surface area contributed by atoms with E-state index in [9.17, 15) is 4.79 Å². The van der Waals surface area contributed by atoms with Crippen LogP contribution in [0.3, 0.4) is 0 Å². The highest BCUT2D eigenvalue weighted by molar-refractivity contribution is 5.77. The van der Waals surface area contributed by atoms with Gasteiger partial charge in [-0.2, -0.15) is 0 Å². The summed E-state index contributed by atoms with van der Waals surface area (Å²) in [7, 11) is 0. The Hall–Kier alpha value is -2.40. The van der Waals surface area contributed by atoms with Gasteiger partial charge in [0.1, 0.15) is 0 Å². The molecule has 2 heterocycles. The number of hydrogen-bond acceptors (Lipinski definition) is 4. The van der Waals surface area contributed by atoms with Crippen molar-refractivity contribution in [2.24, 2.45) is 11.7 Å². The molecular weight excluding hydrogens is 312 g/mol. The van der Waals surface area contributed by atoms with Gasteiger partial charge >= 0.3 is 0 Å². The fourth-order valence-corrected chi connectivity index (χ4v) is 3.33. The van der Waals surface area contributed by atoms with Crippen LogP contribution < -0.4 is 16.0 Å². The number of carbonyl (C=O) groups excluding carboxylic acids is 1. The summed E-state index contributed by atoms with van der Waals surface area (Å²) in [6, 6.07) is 12.5. The topological polar surface area (TPSA) is 71.2 Å². The summed E-state index contributed by atoms with van der Waals surface area (Å²) in [6.45, 7) is 5.23. The van der Waals surface area contributed by atoms with Crippen LogP contribution in [0.25, 0.3) is 0 Å². The number of nitrogens with two attached hydrogens (primary N) is 1. The number of aryl methyl sites for hydroxylation is 1. The van der Waals surface area contributed by atoms with E-state index in [-0.39, 0.29) is 11.8 Å². The van der Waals surface area contributed by atoms with E-state index in [1.165, 1.54) is 16.8 Å². The van der Waals surface area contributed by atoms with Crippen molar-refractivity contribution in [3.05, 3.63) is 59.4 Å². The number of hydrogen-bond donors (Lipinski definition) is 2. The van der Waals surface area contributed by atoms with Crippen LogP contribution in [0.15, 0.2) is 42.6 Å². The van der Waals surface area contributed by atoms with Gasteiger partial charge in [0.05, 0.1) is 11.6 Å². The van der Waals surface area contributed by atoms with Gasteiger partial charge in [0.15, 0.2) is 0 Å². The Morgan fingerprint density at radius 3 is 2.88 bits per heavy atom. The Morgan fingerprint density at radius 2 is 2.12 bits per heavy atom. The van der Waals surface area contributed by atoms with E-state index in [0.717, 1.165) is 38.2 Å². The molecule has 0 unspecified atom stereocenters. The number of carbonyl (C=O) groups is 1. The van der Waals surface area contributed by atoms with Gasteiger partial charge in [-0.1, -0.05) is 24.3 Å². The standard InChI is InChI=1S/C20H26N4O/c1-15-8-9-18(23-11-15)13-22-12-16-5-2-3-7-19(16)24-10-4-6-17(14-24)20(21)25/h2-3,5,7-9,11,17,22H,4,6,10,12-14H2,1H3,(H2,21,25)/t17-/m1/s1. The van der Waals surface area contributed by atoms with Gasteiger partial charge in [-0.3, -0.25) is 9.78 Å². The molecule has 25 heavy (non-hydrogen) atoms. The lowest BCUT2D eigenvalue weighted by Gasteiger charge is -2.34. The summed E-state index contributed by atoms with van der Waals surface area (Å²) >= 11 is 0. The summed E-state index contributed by atoms with van der Waals surface area (Å²) < 4.78 is 0. The summed E-state index contributed by atoms with van der Waals surface area (Å²) in [5, 5.41) is 3.47. The van der Waals surface area contributed by atoms with Gasteiger partial charge in [0, 0.05) is 38.1 Å². The molecule has 1 fully saturated rings. The first-order valence-electron chi connectivity index (χ1n) is 8.88. The SMILES string of the molecule is Cc1ccc(CNCc2ccccc2N2CCC[C@@H](C(N)=O)C2)nc1. The molecule has 1 aromatic heterocycles. The number of primary amides is 1. The van der Waals surface area contributed by atoms with E-state index in [0.29, 0.717) is 6.54 Å².